The van der Waals surface area contributed by atoms with Crippen LogP contribution in [0.1, 0.15) is 38.8 Å². The van der Waals surface area contributed by atoms with Gasteiger partial charge in [-0.1, -0.05) is 17.2 Å². The Labute approximate surface area is 159 Å². The Kier molecular flexibility index (Phi) is 5.74. The highest BCUT2D eigenvalue weighted by Gasteiger charge is 2.23. The highest BCUT2D eigenvalue weighted by atomic mass is 16.5. The number of anilines is 1. The van der Waals surface area contributed by atoms with Crippen LogP contribution in [-0.2, 0) is 4.74 Å². The molecule has 2 aromatic rings. The van der Waals surface area contributed by atoms with Crippen molar-refractivity contribution >= 4 is 17.7 Å². The molecule has 1 fully saturated rings. The van der Waals surface area contributed by atoms with Gasteiger partial charge in [-0.3, -0.25) is 4.79 Å². The third-order valence-electron chi connectivity index (χ3n) is 4.62. The summed E-state index contributed by atoms with van der Waals surface area (Å²) in [5, 5.41) is 0. The van der Waals surface area contributed by atoms with Crippen molar-refractivity contribution in [2.75, 3.05) is 37.7 Å². The van der Waals surface area contributed by atoms with Gasteiger partial charge in [0.1, 0.15) is 5.82 Å². The molecule has 0 atom stereocenters. The van der Waals surface area contributed by atoms with Gasteiger partial charge in [0.05, 0.1) is 12.2 Å². The van der Waals surface area contributed by atoms with Crippen molar-refractivity contribution < 1.29 is 14.3 Å². The summed E-state index contributed by atoms with van der Waals surface area (Å²) in [4.78, 5) is 32.9. The van der Waals surface area contributed by atoms with Gasteiger partial charge in [-0.2, -0.15) is 0 Å². The van der Waals surface area contributed by atoms with Crippen LogP contribution in [0.5, 0.6) is 0 Å². The minimum Gasteiger partial charge on any atom is -0.462 e. The second kappa shape index (κ2) is 8.20. The summed E-state index contributed by atoms with van der Waals surface area (Å²) < 4.78 is 4.98. The lowest BCUT2D eigenvalue weighted by molar-refractivity contribution is 0.0525. The van der Waals surface area contributed by atoms with E-state index in [2.05, 4.69) is 16.0 Å². The Morgan fingerprint density at radius 2 is 1.67 bits per heavy atom. The first kappa shape index (κ1) is 18.9. The molecule has 0 aliphatic carbocycles. The zero-order valence-corrected chi connectivity index (χ0v) is 16.1. The van der Waals surface area contributed by atoms with Crippen LogP contribution in [0.4, 0.5) is 5.82 Å². The number of carbonyl (C=O) groups excluding carboxylic acids is 2. The van der Waals surface area contributed by atoms with Crippen LogP contribution in [0.25, 0.3) is 0 Å². The van der Waals surface area contributed by atoms with Crippen LogP contribution in [0.15, 0.2) is 36.5 Å². The molecule has 6 nitrogen and oxygen atoms in total. The molecule has 0 unspecified atom stereocenters. The Balaban J connectivity index is 1.61. The predicted octanol–water partition coefficient (Wildman–Crippen LogP) is 2.84. The van der Waals surface area contributed by atoms with E-state index in [1.165, 1.54) is 0 Å². The molecular weight excluding hydrogens is 342 g/mol. The molecule has 27 heavy (non-hydrogen) atoms. The molecule has 1 amide bonds. The van der Waals surface area contributed by atoms with Crippen molar-refractivity contribution in [3.63, 3.8) is 0 Å². The predicted molar refractivity (Wildman–Crippen MR) is 104 cm³/mol. The van der Waals surface area contributed by atoms with E-state index in [1.54, 1.807) is 19.2 Å². The second-order valence-electron chi connectivity index (χ2n) is 6.78. The van der Waals surface area contributed by atoms with Crippen molar-refractivity contribution in [1.82, 2.24) is 9.88 Å². The van der Waals surface area contributed by atoms with Gasteiger partial charge in [0, 0.05) is 37.9 Å². The van der Waals surface area contributed by atoms with Crippen LogP contribution >= 0.6 is 0 Å². The van der Waals surface area contributed by atoms with Crippen LogP contribution < -0.4 is 4.90 Å². The van der Waals surface area contributed by atoms with E-state index in [0.29, 0.717) is 38.3 Å². The van der Waals surface area contributed by atoms with E-state index in [-0.39, 0.29) is 11.9 Å². The minimum absolute atomic E-state index is 0.0760. The van der Waals surface area contributed by atoms with Crippen molar-refractivity contribution in [2.24, 2.45) is 0 Å². The van der Waals surface area contributed by atoms with Crippen LogP contribution in [-0.4, -0.2) is 54.5 Å². The molecule has 1 aliphatic rings. The molecule has 1 saturated heterocycles. The minimum atomic E-state index is -0.361. The zero-order valence-electron chi connectivity index (χ0n) is 16.1. The molecule has 0 spiro atoms. The summed E-state index contributed by atoms with van der Waals surface area (Å²) in [6, 6.07) is 9.51. The molecule has 3 rings (SSSR count). The lowest BCUT2D eigenvalue weighted by atomic mass is 10.1. The summed E-state index contributed by atoms with van der Waals surface area (Å²) in [7, 11) is 0. The first-order chi connectivity index (χ1) is 13.0. The van der Waals surface area contributed by atoms with E-state index in [0.717, 1.165) is 22.5 Å². The van der Waals surface area contributed by atoms with Crippen molar-refractivity contribution in [3.8, 4) is 0 Å². The van der Waals surface area contributed by atoms with Gasteiger partial charge in [-0.15, -0.1) is 0 Å². The second-order valence-corrected chi connectivity index (χ2v) is 6.78. The average molecular weight is 367 g/mol. The first-order valence-electron chi connectivity index (χ1n) is 9.23. The van der Waals surface area contributed by atoms with Crippen LogP contribution in [0.3, 0.4) is 0 Å². The summed E-state index contributed by atoms with van der Waals surface area (Å²) in [5.74, 6) is 0.522. The molecule has 1 aromatic heterocycles. The van der Waals surface area contributed by atoms with Crippen molar-refractivity contribution in [3.05, 3.63) is 58.8 Å². The van der Waals surface area contributed by atoms with Gasteiger partial charge in [-0.25, -0.2) is 9.78 Å². The number of hydrogen-bond donors (Lipinski definition) is 0. The highest BCUT2D eigenvalue weighted by molar-refractivity contribution is 5.94. The van der Waals surface area contributed by atoms with Crippen LogP contribution in [0, 0.1) is 13.8 Å². The van der Waals surface area contributed by atoms with Gasteiger partial charge < -0.3 is 14.5 Å². The molecule has 0 bridgehead atoms. The fraction of sp³-hybridized carbons (Fsp3) is 0.381. The highest BCUT2D eigenvalue weighted by Crippen LogP contribution is 2.17. The Morgan fingerprint density at radius 3 is 2.22 bits per heavy atom. The number of aromatic nitrogens is 1. The fourth-order valence-electron chi connectivity index (χ4n) is 3.33. The third-order valence-corrected chi connectivity index (χ3v) is 4.62. The molecule has 0 N–H and O–H groups in total. The van der Waals surface area contributed by atoms with Gasteiger partial charge in [0.25, 0.3) is 5.91 Å². The summed E-state index contributed by atoms with van der Waals surface area (Å²) >= 11 is 0. The quantitative estimate of drug-likeness (QED) is 0.778. The number of ether oxygens (including phenoxy) is 1. The molecule has 2 heterocycles. The lowest BCUT2D eigenvalue weighted by Crippen LogP contribution is -2.49. The maximum Gasteiger partial charge on any atom is 0.339 e. The SMILES string of the molecule is CCOC(=O)c1ccc(N2CCN(C(=O)c3cc(C)cc(C)c3)CC2)nc1. The molecule has 142 valence electrons. The largest absolute Gasteiger partial charge is 0.462 e. The van der Waals surface area contributed by atoms with Gasteiger partial charge in [0.15, 0.2) is 0 Å². The Morgan fingerprint density at radius 1 is 1.00 bits per heavy atom. The number of pyridine rings is 1. The monoisotopic (exact) mass is 367 g/mol. The van der Waals surface area contributed by atoms with E-state index in [1.807, 2.05) is 36.9 Å². The zero-order chi connectivity index (χ0) is 19.4. The van der Waals surface area contributed by atoms with E-state index in [9.17, 15) is 9.59 Å². The Hall–Kier alpha value is -2.89. The van der Waals surface area contributed by atoms with E-state index >= 15 is 0 Å². The number of piperazine rings is 1. The summed E-state index contributed by atoms with van der Waals surface area (Å²) in [6.45, 7) is 8.85. The number of esters is 1. The number of aryl methyl sites for hydroxylation is 2. The standard InChI is InChI=1S/C21H25N3O3/c1-4-27-21(26)17-5-6-19(22-14-17)23-7-9-24(10-8-23)20(25)18-12-15(2)11-16(3)13-18/h5-6,11-14H,4,7-10H2,1-3H3. The lowest BCUT2D eigenvalue weighted by Gasteiger charge is -2.35. The third kappa shape index (κ3) is 4.45. The molecule has 1 aliphatic heterocycles. The molecule has 6 heteroatoms. The number of amides is 1. The van der Waals surface area contributed by atoms with Crippen molar-refractivity contribution in [2.45, 2.75) is 20.8 Å². The van der Waals surface area contributed by atoms with Gasteiger partial charge >= 0.3 is 5.97 Å². The fourth-order valence-corrected chi connectivity index (χ4v) is 3.33. The smallest absolute Gasteiger partial charge is 0.339 e. The summed E-state index contributed by atoms with van der Waals surface area (Å²) in [6.07, 6.45) is 1.54. The number of nitrogens with zero attached hydrogens (tertiary/aromatic N) is 3. The average Bonchev–Trinajstić information content (AvgIpc) is 2.67. The molecular formula is C21H25N3O3. The van der Waals surface area contributed by atoms with E-state index in [4.69, 9.17) is 4.74 Å². The van der Waals surface area contributed by atoms with Gasteiger partial charge in [-0.05, 0) is 45.0 Å². The molecule has 1 aromatic carbocycles. The van der Waals surface area contributed by atoms with Crippen LogP contribution in [0.2, 0.25) is 0 Å². The number of benzene rings is 1. The first-order valence-corrected chi connectivity index (χ1v) is 9.23. The Bertz CT molecular complexity index is 805. The normalized spacial score (nSPS) is 14.2. The van der Waals surface area contributed by atoms with E-state index < -0.39 is 0 Å². The summed E-state index contributed by atoms with van der Waals surface area (Å²) in [5.41, 5.74) is 3.40. The number of rotatable bonds is 4. The maximum atomic E-state index is 12.8. The van der Waals surface area contributed by atoms with Crippen molar-refractivity contribution in [1.29, 1.82) is 0 Å². The maximum absolute atomic E-state index is 12.8. The number of carbonyl (C=O) groups is 2. The topological polar surface area (TPSA) is 62.7 Å². The molecule has 0 radical (unpaired) electrons. The number of hydrogen-bond acceptors (Lipinski definition) is 5. The molecule has 0 saturated carbocycles. The van der Waals surface area contributed by atoms with Gasteiger partial charge in [0.2, 0.25) is 0 Å².